The van der Waals surface area contributed by atoms with Crippen molar-refractivity contribution in [2.75, 3.05) is 11.5 Å². The van der Waals surface area contributed by atoms with Gasteiger partial charge in [0.1, 0.15) is 5.75 Å². The minimum atomic E-state index is -0.379. The quantitative estimate of drug-likeness (QED) is 0.462. The molecular weight excluding hydrogens is 326 g/mol. The molecule has 1 aliphatic rings. The fraction of sp³-hybridized carbons (Fsp3) is 0.222. The van der Waals surface area contributed by atoms with Crippen molar-refractivity contribution in [3.63, 3.8) is 0 Å². The first-order chi connectivity index (χ1) is 11.3. The van der Waals surface area contributed by atoms with Gasteiger partial charge in [0, 0.05) is 18.5 Å². The van der Waals surface area contributed by atoms with Crippen LogP contribution in [0.15, 0.2) is 54.9 Å². The van der Waals surface area contributed by atoms with Crippen molar-refractivity contribution >= 4 is 35.6 Å². The van der Waals surface area contributed by atoms with E-state index in [0.29, 0.717) is 10.3 Å². The molecule has 1 aromatic carbocycles. The Hall–Kier alpha value is -1.72. The second-order valence-corrected chi connectivity index (χ2v) is 7.76. The number of aromatic nitrogens is 1. The third-order valence-electron chi connectivity index (χ3n) is 3.32. The molecule has 0 saturated carbocycles. The van der Waals surface area contributed by atoms with Crippen LogP contribution in [0.25, 0.3) is 6.08 Å². The van der Waals surface area contributed by atoms with E-state index in [1.54, 1.807) is 18.5 Å². The van der Waals surface area contributed by atoms with Gasteiger partial charge >= 0.3 is 5.97 Å². The Morgan fingerprint density at radius 2 is 1.78 bits per heavy atom. The molecule has 23 heavy (non-hydrogen) atoms. The first kappa shape index (κ1) is 16.1. The molecule has 0 unspecified atom stereocenters. The molecule has 2 heterocycles. The monoisotopic (exact) mass is 343 g/mol. The van der Waals surface area contributed by atoms with E-state index in [0.717, 1.165) is 5.56 Å². The number of nitrogens with zero attached hydrogens (tertiary/aromatic N) is 1. The molecule has 1 aliphatic heterocycles. The van der Waals surface area contributed by atoms with Crippen LogP contribution in [0.4, 0.5) is 0 Å². The Morgan fingerprint density at radius 3 is 2.48 bits per heavy atom. The maximum atomic E-state index is 11.8. The number of hydrogen-bond acceptors (Lipinski definition) is 5. The number of carbonyl (C=O) groups excluding carboxylic acids is 1. The number of pyridine rings is 1. The smallest absolute Gasteiger partial charge is 0.336 e. The summed E-state index contributed by atoms with van der Waals surface area (Å²) in [5.41, 5.74) is 2.20. The van der Waals surface area contributed by atoms with Gasteiger partial charge in [-0.15, -0.1) is 23.5 Å². The Kier molecular flexibility index (Phi) is 5.77. The van der Waals surface area contributed by atoms with Crippen LogP contribution in [0.5, 0.6) is 5.75 Å². The highest BCUT2D eigenvalue weighted by atomic mass is 32.2. The third kappa shape index (κ3) is 4.88. The van der Waals surface area contributed by atoms with Gasteiger partial charge in [-0.3, -0.25) is 4.98 Å². The second-order valence-electron chi connectivity index (χ2n) is 5.03. The molecular formula is C18H17NO2S2. The van der Waals surface area contributed by atoms with Crippen LogP contribution in [-0.2, 0) is 4.79 Å². The van der Waals surface area contributed by atoms with Crippen LogP contribution < -0.4 is 4.74 Å². The van der Waals surface area contributed by atoms with Crippen molar-refractivity contribution in [3.8, 4) is 5.75 Å². The molecule has 1 saturated heterocycles. The zero-order valence-corrected chi connectivity index (χ0v) is 14.2. The molecule has 118 valence electrons. The van der Waals surface area contributed by atoms with Crippen LogP contribution in [0.3, 0.4) is 0 Å². The number of rotatable bonds is 4. The van der Waals surface area contributed by atoms with Gasteiger partial charge in [-0.2, -0.15) is 0 Å². The number of thioether (sulfide) groups is 2. The van der Waals surface area contributed by atoms with E-state index in [2.05, 4.69) is 4.98 Å². The van der Waals surface area contributed by atoms with E-state index in [9.17, 15) is 4.79 Å². The van der Waals surface area contributed by atoms with Gasteiger partial charge in [0.05, 0.1) is 4.58 Å². The highest BCUT2D eigenvalue weighted by molar-refractivity contribution is 8.16. The van der Waals surface area contributed by atoms with E-state index >= 15 is 0 Å². The largest absolute Gasteiger partial charge is 0.423 e. The molecule has 0 bridgehead atoms. The molecule has 1 aromatic heterocycles. The van der Waals surface area contributed by atoms with Gasteiger partial charge in [-0.25, -0.2) is 4.79 Å². The van der Waals surface area contributed by atoms with Crippen molar-refractivity contribution in [2.45, 2.75) is 11.0 Å². The fourth-order valence-corrected chi connectivity index (χ4v) is 5.06. The molecule has 3 rings (SSSR count). The van der Waals surface area contributed by atoms with Crippen LogP contribution in [0.2, 0.25) is 0 Å². The lowest BCUT2D eigenvalue weighted by Gasteiger charge is -2.21. The van der Waals surface area contributed by atoms with Crippen LogP contribution >= 0.6 is 23.5 Å². The number of ether oxygens (including phenoxy) is 1. The Labute approximate surface area is 144 Å². The summed E-state index contributed by atoms with van der Waals surface area (Å²) in [6.07, 6.45) is 7.80. The van der Waals surface area contributed by atoms with Gasteiger partial charge in [0.2, 0.25) is 0 Å². The summed E-state index contributed by atoms with van der Waals surface area (Å²) in [7, 11) is 0. The fourth-order valence-electron chi connectivity index (χ4n) is 2.16. The van der Waals surface area contributed by atoms with Crippen molar-refractivity contribution < 1.29 is 9.53 Å². The highest BCUT2D eigenvalue weighted by Gasteiger charge is 2.16. The molecule has 0 aliphatic carbocycles. The summed E-state index contributed by atoms with van der Waals surface area (Å²) < 4.78 is 5.82. The van der Waals surface area contributed by atoms with Crippen molar-refractivity contribution in [1.82, 2.24) is 4.98 Å². The molecule has 0 spiro atoms. The standard InChI is InChI=1S/C18H17NO2S2/c20-17(7-2-14-8-10-19-11-9-14)21-16-5-3-15(4-6-16)18-22-12-1-13-23-18/h2-11,18H,1,12-13H2/b7-2+. The lowest BCUT2D eigenvalue weighted by Crippen LogP contribution is -2.04. The predicted molar refractivity (Wildman–Crippen MR) is 97.6 cm³/mol. The zero-order chi connectivity index (χ0) is 15.9. The summed E-state index contributed by atoms with van der Waals surface area (Å²) in [6, 6.07) is 11.5. The number of esters is 1. The van der Waals surface area contributed by atoms with Crippen molar-refractivity contribution in [2.24, 2.45) is 0 Å². The summed E-state index contributed by atoms with van der Waals surface area (Å²) in [5.74, 6) is 2.63. The maximum absolute atomic E-state index is 11.8. The van der Waals surface area contributed by atoms with E-state index in [-0.39, 0.29) is 5.97 Å². The number of benzene rings is 1. The third-order valence-corrected chi connectivity index (χ3v) is 6.33. The van der Waals surface area contributed by atoms with E-state index < -0.39 is 0 Å². The minimum absolute atomic E-state index is 0.379. The highest BCUT2D eigenvalue weighted by Crippen LogP contribution is 2.43. The topological polar surface area (TPSA) is 39.2 Å². The SMILES string of the molecule is O=C(/C=C/c1ccncc1)Oc1ccc(C2SCCCS2)cc1. The molecule has 0 N–H and O–H groups in total. The van der Waals surface area contributed by atoms with Crippen LogP contribution in [0.1, 0.15) is 22.1 Å². The van der Waals surface area contributed by atoms with Gasteiger partial charge in [0.15, 0.2) is 0 Å². The van der Waals surface area contributed by atoms with Gasteiger partial charge < -0.3 is 4.74 Å². The van der Waals surface area contributed by atoms with Crippen molar-refractivity contribution in [1.29, 1.82) is 0 Å². The average Bonchev–Trinajstić information content (AvgIpc) is 2.62. The molecule has 0 radical (unpaired) electrons. The molecule has 3 nitrogen and oxygen atoms in total. The lowest BCUT2D eigenvalue weighted by molar-refractivity contribution is -0.128. The molecule has 2 aromatic rings. The van der Waals surface area contributed by atoms with Crippen LogP contribution in [-0.4, -0.2) is 22.5 Å². The van der Waals surface area contributed by atoms with Gasteiger partial charge in [-0.05, 0) is 59.4 Å². The first-order valence-electron chi connectivity index (χ1n) is 7.44. The second kappa shape index (κ2) is 8.22. The Bertz CT molecular complexity index is 665. The number of hydrogen-bond donors (Lipinski definition) is 0. The predicted octanol–water partition coefficient (Wildman–Crippen LogP) is 4.57. The molecule has 0 amide bonds. The summed E-state index contributed by atoms with van der Waals surface area (Å²) in [5, 5.41) is 0. The van der Waals surface area contributed by atoms with Crippen LogP contribution in [0, 0.1) is 0 Å². The maximum Gasteiger partial charge on any atom is 0.336 e. The molecule has 5 heteroatoms. The Balaban J connectivity index is 1.57. The number of carbonyl (C=O) groups is 1. The van der Waals surface area contributed by atoms with E-state index in [1.165, 1.54) is 29.6 Å². The van der Waals surface area contributed by atoms with E-state index in [1.807, 2.05) is 59.9 Å². The van der Waals surface area contributed by atoms with Gasteiger partial charge in [0.25, 0.3) is 0 Å². The Morgan fingerprint density at radius 1 is 1.09 bits per heavy atom. The van der Waals surface area contributed by atoms with Gasteiger partial charge in [-0.1, -0.05) is 12.1 Å². The first-order valence-corrected chi connectivity index (χ1v) is 9.54. The summed E-state index contributed by atoms with van der Waals surface area (Å²) in [4.78, 5) is 15.8. The molecule has 0 atom stereocenters. The average molecular weight is 343 g/mol. The normalized spacial score (nSPS) is 15.7. The lowest BCUT2D eigenvalue weighted by atomic mass is 10.2. The summed E-state index contributed by atoms with van der Waals surface area (Å²) in [6.45, 7) is 0. The van der Waals surface area contributed by atoms with E-state index in [4.69, 9.17) is 4.74 Å². The molecule has 1 fully saturated rings. The summed E-state index contributed by atoms with van der Waals surface area (Å²) >= 11 is 3.96. The minimum Gasteiger partial charge on any atom is -0.423 e. The zero-order valence-electron chi connectivity index (χ0n) is 12.6. The van der Waals surface area contributed by atoms with Crippen molar-refractivity contribution in [3.05, 3.63) is 66.0 Å².